The van der Waals surface area contributed by atoms with Gasteiger partial charge in [0.2, 0.25) is 0 Å². The molecule has 2 aromatic carbocycles. The minimum Gasteiger partial charge on any atom is -0.395 e. The van der Waals surface area contributed by atoms with Crippen LogP contribution in [0.3, 0.4) is 0 Å². The number of aliphatic hydroxyl groups excluding tert-OH is 1. The number of hydrogen-bond acceptors (Lipinski definition) is 2. The van der Waals surface area contributed by atoms with E-state index in [4.69, 9.17) is 0 Å². The van der Waals surface area contributed by atoms with E-state index in [0.717, 1.165) is 6.54 Å². The van der Waals surface area contributed by atoms with Crippen LogP contribution in [0.5, 0.6) is 0 Å². The summed E-state index contributed by atoms with van der Waals surface area (Å²) in [7, 11) is 2.09. The van der Waals surface area contributed by atoms with E-state index in [1.54, 1.807) is 0 Å². The minimum atomic E-state index is -0.158. The summed E-state index contributed by atoms with van der Waals surface area (Å²) >= 11 is 0. The third-order valence-corrected chi connectivity index (χ3v) is 4.10. The largest absolute Gasteiger partial charge is 0.395 e. The zero-order chi connectivity index (χ0) is 13.5. The number of aliphatic hydroxyl groups is 1. The normalized spacial score (nSPS) is 21.5. The third kappa shape index (κ3) is 1.92. The van der Waals surface area contributed by atoms with Crippen LogP contribution in [0.1, 0.15) is 12.5 Å². The Balaban J connectivity index is 2.12. The molecule has 0 saturated heterocycles. The van der Waals surface area contributed by atoms with Crippen molar-refractivity contribution in [1.29, 1.82) is 0 Å². The van der Waals surface area contributed by atoms with Gasteiger partial charge >= 0.3 is 0 Å². The van der Waals surface area contributed by atoms with Crippen LogP contribution in [-0.2, 0) is 5.41 Å². The number of fused-ring (bicyclic) bond motifs is 1. The van der Waals surface area contributed by atoms with Gasteiger partial charge in [-0.05, 0) is 28.8 Å². The van der Waals surface area contributed by atoms with E-state index in [9.17, 15) is 5.11 Å². The first-order chi connectivity index (χ1) is 9.14. The topological polar surface area (TPSA) is 23.5 Å². The molecule has 1 N–H and O–H groups in total. The summed E-state index contributed by atoms with van der Waals surface area (Å²) in [5, 5.41) is 9.72. The van der Waals surface area contributed by atoms with Gasteiger partial charge in [-0.3, -0.25) is 0 Å². The molecule has 1 aliphatic rings. The van der Waals surface area contributed by atoms with Crippen molar-refractivity contribution >= 4 is 5.69 Å². The number of anilines is 1. The predicted molar refractivity (Wildman–Crippen MR) is 79.6 cm³/mol. The van der Waals surface area contributed by atoms with Crippen LogP contribution in [0.4, 0.5) is 5.69 Å². The number of nitrogens with zero attached hydrogens (tertiary/aromatic N) is 1. The average molecular weight is 253 g/mol. The van der Waals surface area contributed by atoms with E-state index in [2.05, 4.69) is 61.3 Å². The van der Waals surface area contributed by atoms with E-state index in [0.29, 0.717) is 0 Å². The standard InChI is InChI=1S/C17H19NO/c1-17(12-19)11-18(2)16-9-8-14(10-15(16)17)13-6-4-3-5-7-13/h3-10,19H,11-12H2,1-2H3. The summed E-state index contributed by atoms with van der Waals surface area (Å²) < 4.78 is 0. The molecule has 1 unspecified atom stereocenters. The van der Waals surface area contributed by atoms with Gasteiger partial charge in [-0.25, -0.2) is 0 Å². The van der Waals surface area contributed by atoms with Crippen LogP contribution in [-0.4, -0.2) is 25.3 Å². The van der Waals surface area contributed by atoms with Crippen molar-refractivity contribution in [3.05, 3.63) is 54.1 Å². The Bertz CT molecular complexity index is 593. The summed E-state index contributed by atoms with van der Waals surface area (Å²) in [4.78, 5) is 2.22. The van der Waals surface area contributed by atoms with Gasteiger partial charge in [0.05, 0.1) is 6.61 Å². The molecule has 3 rings (SSSR count). The maximum atomic E-state index is 9.72. The van der Waals surface area contributed by atoms with Gasteiger partial charge in [-0.15, -0.1) is 0 Å². The van der Waals surface area contributed by atoms with Gasteiger partial charge in [0.1, 0.15) is 0 Å². The van der Waals surface area contributed by atoms with Crippen LogP contribution in [0.2, 0.25) is 0 Å². The van der Waals surface area contributed by atoms with Crippen LogP contribution in [0.15, 0.2) is 48.5 Å². The highest BCUT2D eigenvalue weighted by Gasteiger charge is 2.37. The first kappa shape index (κ1) is 12.2. The number of likely N-dealkylation sites (N-methyl/N-ethyl adjacent to an activating group) is 1. The van der Waals surface area contributed by atoms with Crippen molar-refractivity contribution in [2.75, 3.05) is 25.1 Å². The van der Waals surface area contributed by atoms with E-state index >= 15 is 0 Å². The smallest absolute Gasteiger partial charge is 0.0543 e. The fourth-order valence-corrected chi connectivity index (χ4v) is 2.99. The number of hydrogen-bond donors (Lipinski definition) is 1. The minimum absolute atomic E-state index is 0.158. The van der Waals surface area contributed by atoms with Gasteiger partial charge in [0, 0.05) is 24.7 Å². The molecule has 0 spiro atoms. The SMILES string of the molecule is CN1CC(C)(CO)c2cc(-c3ccccc3)ccc21. The summed E-state index contributed by atoms with van der Waals surface area (Å²) in [5.41, 5.74) is 4.76. The fourth-order valence-electron chi connectivity index (χ4n) is 2.99. The molecule has 0 saturated carbocycles. The molecule has 1 atom stereocenters. The number of rotatable bonds is 2. The Morgan fingerprint density at radius 1 is 1.11 bits per heavy atom. The second kappa shape index (κ2) is 4.39. The molecule has 1 heterocycles. The maximum Gasteiger partial charge on any atom is 0.0543 e. The van der Waals surface area contributed by atoms with Crippen LogP contribution < -0.4 is 4.90 Å². The second-order valence-corrected chi connectivity index (χ2v) is 5.67. The lowest BCUT2D eigenvalue weighted by Crippen LogP contribution is -2.32. The van der Waals surface area contributed by atoms with Gasteiger partial charge in [0.25, 0.3) is 0 Å². The second-order valence-electron chi connectivity index (χ2n) is 5.67. The van der Waals surface area contributed by atoms with Crippen LogP contribution in [0, 0.1) is 0 Å². The molecular weight excluding hydrogens is 234 g/mol. The molecule has 2 nitrogen and oxygen atoms in total. The van der Waals surface area contributed by atoms with Crippen molar-refractivity contribution in [2.45, 2.75) is 12.3 Å². The Hall–Kier alpha value is -1.80. The van der Waals surface area contributed by atoms with Crippen molar-refractivity contribution in [3.8, 4) is 11.1 Å². The monoisotopic (exact) mass is 253 g/mol. The lowest BCUT2D eigenvalue weighted by Gasteiger charge is -2.22. The van der Waals surface area contributed by atoms with Crippen LogP contribution >= 0.6 is 0 Å². The first-order valence-corrected chi connectivity index (χ1v) is 6.66. The van der Waals surface area contributed by atoms with Gasteiger partial charge in [0.15, 0.2) is 0 Å². The zero-order valence-corrected chi connectivity index (χ0v) is 11.4. The summed E-state index contributed by atoms with van der Waals surface area (Å²) in [6.07, 6.45) is 0. The first-order valence-electron chi connectivity index (χ1n) is 6.66. The molecule has 0 aliphatic carbocycles. The molecule has 0 radical (unpaired) electrons. The Morgan fingerprint density at radius 2 is 1.84 bits per heavy atom. The van der Waals surface area contributed by atoms with E-state index in [1.807, 2.05) is 6.07 Å². The summed E-state index contributed by atoms with van der Waals surface area (Å²) in [6, 6.07) is 16.9. The van der Waals surface area contributed by atoms with E-state index in [1.165, 1.54) is 22.4 Å². The van der Waals surface area contributed by atoms with E-state index in [-0.39, 0.29) is 12.0 Å². The highest BCUT2D eigenvalue weighted by molar-refractivity contribution is 5.72. The summed E-state index contributed by atoms with van der Waals surface area (Å²) in [6.45, 7) is 3.18. The molecule has 1 aliphatic heterocycles. The highest BCUT2D eigenvalue weighted by atomic mass is 16.3. The predicted octanol–water partition coefficient (Wildman–Crippen LogP) is 3.05. The van der Waals surface area contributed by atoms with Crippen molar-refractivity contribution in [1.82, 2.24) is 0 Å². The van der Waals surface area contributed by atoms with Crippen LogP contribution in [0.25, 0.3) is 11.1 Å². The molecule has 2 heteroatoms. The quantitative estimate of drug-likeness (QED) is 0.889. The molecule has 19 heavy (non-hydrogen) atoms. The third-order valence-electron chi connectivity index (χ3n) is 4.10. The average Bonchev–Trinajstić information content (AvgIpc) is 2.72. The van der Waals surface area contributed by atoms with Crippen molar-refractivity contribution < 1.29 is 5.11 Å². The molecule has 0 aromatic heterocycles. The summed E-state index contributed by atoms with van der Waals surface area (Å²) in [5.74, 6) is 0. The van der Waals surface area contributed by atoms with E-state index < -0.39 is 0 Å². The maximum absolute atomic E-state index is 9.72. The molecule has 0 amide bonds. The molecule has 0 bridgehead atoms. The Morgan fingerprint density at radius 3 is 2.53 bits per heavy atom. The Labute approximate surface area is 114 Å². The molecule has 98 valence electrons. The lowest BCUT2D eigenvalue weighted by molar-refractivity contribution is 0.216. The molecular formula is C17H19NO. The molecule has 0 fully saturated rings. The lowest BCUT2D eigenvalue weighted by atomic mass is 9.84. The zero-order valence-electron chi connectivity index (χ0n) is 11.4. The van der Waals surface area contributed by atoms with Gasteiger partial charge < -0.3 is 10.0 Å². The van der Waals surface area contributed by atoms with Gasteiger partial charge in [-0.2, -0.15) is 0 Å². The molecule has 2 aromatic rings. The fraction of sp³-hybridized carbons (Fsp3) is 0.294. The highest BCUT2D eigenvalue weighted by Crippen LogP contribution is 2.41. The van der Waals surface area contributed by atoms with Crippen molar-refractivity contribution in [3.63, 3.8) is 0 Å². The Kier molecular flexibility index (Phi) is 2.83. The number of benzene rings is 2. The van der Waals surface area contributed by atoms with Crippen molar-refractivity contribution in [2.24, 2.45) is 0 Å². The van der Waals surface area contributed by atoms with Gasteiger partial charge in [-0.1, -0.05) is 43.3 Å².